The maximum atomic E-state index is 3.39. The molecule has 0 aliphatic heterocycles. The molecule has 3 heteroatoms. The Hall–Kier alpha value is -0.570. The Morgan fingerprint density at radius 1 is 1.11 bits per heavy atom. The Morgan fingerprint density at radius 3 is 2.67 bits per heavy atom. The zero-order valence-electron chi connectivity index (χ0n) is 11.5. The predicted molar refractivity (Wildman–Crippen MR) is 80.9 cm³/mol. The van der Waals surface area contributed by atoms with Gasteiger partial charge in [-0.1, -0.05) is 54.6 Å². The molecule has 0 unspecified atom stereocenters. The molecule has 18 heavy (non-hydrogen) atoms. The molecule has 0 atom stereocenters. The van der Waals surface area contributed by atoms with Crippen LogP contribution in [0.25, 0.3) is 0 Å². The second-order valence-electron chi connectivity index (χ2n) is 4.74. The molecule has 1 aromatic heterocycles. The number of nitrogens with zero attached hydrogens (tertiary/aromatic N) is 2. The third-order valence-corrected chi connectivity index (χ3v) is 3.46. The lowest BCUT2D eigenvalue weighted by atomic mass is 10.1. The summed E-state index contributed by atoms with van der Waals surface area (Å²) >= 11 is 3.39. The normalized spacial score (nSPS) is 11.4. The van der Waals surface area contributed by atoms with Crippen LogP contribution in [0.2, 0.25) is 0 Å². The fourth-order valence-corrected chi connectivity index (χ4v) is 2.28. The Balaban J connectivity index is 2.13. The Kier molecular flexibility index (Phi) is 8.92. The molecule has 1 aromatic rings. The van der Waals surface area contributed by atoms with E-state index in [1.807, 2.05) is 0 Å². The molecule has 0 aliphatic carbocycles. The quantitative estimate of drug-likeness (QED) is 0.266. The number of aryl methyl sites for hydroxylation is 1. The average molecular weight is 314 g/mol. The molecule has 0 aromatic carbocycles. The van der Waals surface area contributed by atoms with Crippen LogP contribution >= 0.6 is 15.9 Å². The van der Waals surface area contributed by atoms with Gasteiger partial charge >= 0.3 is 0 Å². The molecule has 0 N–H and O–H groups in total. The molecule has 2 nitrogen and oxygen atoms in total. The van der Waals surface area contributed by atoms with Crippen molar-refractivity contribution >= 4 is 15.9 Å². The van der Waals surface area contributed by atoms with Crippen LogP contribution in [0.15, 0.2) is 30.9 Å². The number of aromatic nitrogens is 2. The van der Waals surface area contributed by atoms with Crippen molar-refractivity contribution in [3.05, 3.63) is 30.9 Å². The SMILES string of the molecule is CCCCCCCCn1cc[n+](C/C=C/CBr)c1. The van der Waals surface area contributed by atoms with Gasteiger partial charge in [0.2, 0.25) is 6.33 Å². The van der Waals surface area contributed by atoms with Crippen LogP contribution in [0, 0.1) is 0 Å². The summed E-state index contributed by atoms with van der Waals surface area (Å²) in [5.41, 5.74) is 0. The summed E-state index contributed by atoms with van der Waals surface area (Å²) in [6.07, 6.45) is 19.0. The van der Waals surface area contributed by atoms with E-state index in [1.54, 1.807) is 0 Å². The molecule has 0 saturated carbocycles. The highest BCUT2D eigenvalue weighted by molar-refractivity contribution is 9.09. The summed E-state index contributed by atoms with van der Waals surface area (Å²) in [6.45, 7) is 4.39. The third kappa shape index (κ3) is 7.00. The van der Waals surface area contributed by atoms with Crippen LogP contribution in [-0.4, -0.2) is 9.90 Å². The van der Waals surface area contributed by atoms with Gasteiger partial charge in [-0.15, -0.1) is 0 Å². The summed E-state index contributed by atoms with van der Waals surface area (Å²) in [6, 6.07) is 0. The summed E-state index contributed by atoms with van der Waals surface area (Å²) in [7, 11) is 0. The summed E-state index contributed by atoms with van der Waals surface area (Å²) < 4.78 is 4.51. The molecule has 0 fully saturated rings. The number of hydrogen-bond donors (Lipinski definition) is 0. The van der Waals surface area contributed by atoms with Gasteiger partial charge in [-0.2, -0.15) is 0 Å². The molecule has 0 radical (unpaired) electrons. The fraction of sp³-hybridized carbons (Fsp3) is 0.667. The molecular formula is C15H26BrN2+. The molecule has 0 aliphatic rings. The lowest BCUT2D eigenvalue weighted by molar-refractivity contribution is -0.686. The van der Waals surface area contributed by atoms with E-state index in [0.29, 0.717) is 0 Å². The summed E-state index contributed by atoms with van der Waals surface area (Å²) in [4.78, 5) is 0. The van der Waals surface area contributed by atoms with Gasteiger partial charge in [0.25, 0.3) is 0 Å². The minimum absolute atomic E-state index is 0.937. The molecule has 0 spiro atoms. The zero-order valence-corrected chi connectivity index (χ0v) is 13.1. The standard InChI is InChI=1S/C15H26BrN2/c1-2-3-4-5-6-8-11-17-13-14-18(15-17)12-9-7-10-16/h7,9,13-15H,2-6,8,10-12H2,1H3/q+1/b9-7+. The van der Waals surface area contributed by atoms with Crippen LogP contribution in [-0.2, 0) is 13.1 Å². The van der Waals surface area contributed by atoms with Crippen molar-refractivity contribution in [3.8, 4) is 0 Å². The second kappa shape index (κ2) is 10.4. The van der Waals surface area contributed by atoms with Gasteiger partial charge < -0.3 is 0 Å². The lowest BCUT2D eigenvalue weighted by Crippen LogP contribution is -2.29. The monoisotopic (exact) mass is 313 g/mol. The molecule has 102 valence electrons. The van der Waals surface area contributed by atoms with Crippen molar-refractivity contribution < 1.29 is 4.57 Å². The molecule has 0 amide bonds. The van der Waals surface area contributed by atoms with E-state index in [0.717, 1.165) is 18.4 Å². The first-order valence-corrected chi connectivity index (χ1v) is 8.24. The van der Waals surface area contributed by atoms with E-state index >= 15 is 0 Å². The largest absolute Gasteiger partial charge is 0.244 e. The van der Waals surface area contributed by atoms with Crippen LogP contribution in [0.1, 0.15) is 45.4 Å². The number of unbranched alkanes of at least 4 members (excludes halogenated alkanes) is 5. The van der Waals surface area contributed by atoms with Crippen molar-refractivity contribution in [2.75, 3.05) is 5.33 Å². The Labute approximate surface area is 120 Å². The number of imidazole rings is 1. The molecular weight excluding hydrogens is 288 g/mol. The van der Waals surface area contributed by atoms with E-state index in [-0.39, 0.29) is 0 Å². The third-order valence-electron chi connectivity index (χ3n) is 3.09. The Bertz CT molecular complexity index is 331. The van der Waals surface area contributed by atoms with Crippen LogP contribution in [0.4, 0.5) is 0 Å². The van der Waals surface area contributed by atoms with Gasteiger partial charge in [0, 0.05) is 5.33 Å². The van der Waals surface area contributed by atoms with Crippen molar-refractivity contribution in [2.24, 2.45) is 0 Å². The highest BCUT2D eigenvalue weighted by atomic mass is 79.9. The highest BCUT2D eigenvalue weighted by Crippen LogP contribution is 2.05. The minimum Gasteiger partial charge on any atom is -0.237 e. The first-order valence-electron chi connectivity index (χ1n) is 7.12. The van der Waals surface area contributed by atoms with Crippen molar-refractivity contribution in [1.29, 1.82) is 0 Å². The lowest BCUT2D eigenvalue weighted by Gasteiger charge is -1.98. The minimum atomic E-state index is 0.937. The number of rotatable bonds is 10. The average Bonchev–Trinajstić information content (AvgIpc) is 2.82. The number of alkyl halides is 1. The number of hydrogen-bond acceptors (Lipinski definition) is 0. The molecule has 0 saturated heterocycles. The fourth-order valence-electron chi connectivity index (χ4n) is 2.01. The van der Waals surface area contributed by atoms with Crippen LogP contribution in [0.5, 0.6) is 0 Å². The van der Waals surface area contributed by atoms with Gasteiger partial charge in [0.1, 0.15) is 18.9 Å². The number of allylic oxidation sites excluding steroid dienone is 2. The van der Waals surface area contributed by atoms with Gasteiger partial charge in [0.05, 0.1) is 6.54 Å². The van der Waals surface area contributed by atoms with Gasteiger partial charge in [-0.05, 0) is 18.9 Å². The summed E-state index contributed by atoms with van der Waals surface area (Å²) in [5.74, 6) is 0. The maximum Gasteiger partial charge on any atom is 0.244 e. The van der Waals surface area contributed by atoms with Crippen LogP contribution in [0.3, 0.4) is 0 Å². The van der Waals surface area contributed by atoms with E-state index < -0.39 is 0 Å². The topological polar surface area (TPSA) is 8.81 Å². The van der Waals surface area contributed by atoms with E-state index in [9.17, 15) is 0 Å². The highest BCUT2D eigenvalue weighted by Gasteiger charge is 2.01. The number of halogens is 1. The molecule has 1 heterocycles. The maximum absolute atomic E-state index is 3.39. The van der Waals surface area contributed by atoms with Crippen molar-refractivity contribution in [2.45, 2.75) is 58.5 Å². The van der Waals surface area contributed by atoms with Crippen molar-refractivity contribution in [3.63, 3.8) is 0 Å². The van der Waals surface area contributed by atoms with Crippen molar-refractivity contribution in [1.82, 2.24) is 4.57 Å². The smallest absolute Gasteiger partial charge is 0.237 e. The van der Waals surface area contributed by atoms with E-state index in [1.165, 1.54) is 38.5 Å². The summed E-state index contributed by atoms with van der Waals surface area (Å²) in [5, 5.41) is 0.937. The second-order valence-corrected chi connectivity index (χ2v) is 5.39. The van der Waals surface area contributed by atoms with Gasteiger partial charge in [0.15, 0.2) is 0 Å². The first-order chi connectivity index (χ1) is 8.86. The first kappa shape index (κ1) is 15.5. The zero-order chi connectivity index (χ0) is 13.1. The molecule has 1 rings (SSSR count). The van der Waals surface area contributed by atoms with Gasteiger partial charge in [-0.3, -0.25) is 0 Å². The predicted octanol–water partition coefficient (Wildman–Crippen LogP) is 4.09. The van der Waals surface area contributed by atoms with E-state index in [4.69, 9.17) is 0 Å². The van der Waals surface area contributed by atoms with E-state index in [2.05, 4.69) is 62.9 Å². The van der Waals surface area contributed by atoms with Crippen LogP contribution < -0.4 is 4.57 Å². The molecule has 0 bridgehead atoms. The van der Waals surface area contributed by atoms with Gasteiger partial charge in [-0.25, -0.2) is 9.13 Å². The Morgan fingerprint density at radius 2 is 1.89 bits per heavy atom.